The first-order valence-electron chi connectivity index (χ1n) is 5.42. The lowest BCUT2D eigenvalue weighted by Gasteiger charge is -2.03. The molecule has 3 nitrogen and oxygen atoms in total. The minimum absolute atomic E-state index is 0.426. The van der Waals surface area contributed by atoms with Gasteiger partial charge in [-0.2, -0.15) is 5.26 Å². The number of nitriles is 1. The van der Waals surface area contributed by atoms with Crippen LogP contribution in [0.5, 0.6) is 0 Å². The van der Waals surface area contributed by atoms with E-state index >= 15 is 0 Å². The molecule has 0 aliphatic heterocycles. The molecule has 0 heterocycles. The highest BCUT2D eigenvalue weighted by molar-refractivity contribution is 7.84. The van der Waals surface area contributed by atoms with Gasteiger partial charge >= 0.3 is 0 Å². The molecule has 2 aromatic carbocycles. The van der Waals surface area contributed by atoms with Crippen molar-refractivity contribution in [2.75, 3.05) is 5.73 Å². The molecule has 0 aliphatic rings. The van der Waals surface area contributed by atoms with Crippen LogP contribution < -0.4 is 5.73 Å². The number of nitrogens with zero attached hydrogens (tertiary/aromatic N) is 1. The summed E-state index contributed by atoms with van der Waals surface area (Å²) in [5, 5.41) is 8.70. The van der Waals surface area contributed by atoms with E-state index in [-0.39, 0.29) is 0 Å². The van der Waals surface area contributed by atoms with Crippen LogP contribution in [-0.4, -0.2) is 4.21 Å². The lowest BCUT2D eigenvalue weighted by atomic mass is 10.2. The van der Waals surface area contributed by atoms with E-state index in [2.05, 4.69) is 6.07 Å². The van der Waals surface area contributed by atoms with Gasteiger partial charge in [0.15, 0.2) is 0 Å². The molecular weight excluding hydrogens is 244 g/mol. The number of rotatable bonds is 3. The van der Waals surface area contributed by atoms with Crippen molar-refractivity contribution in [2.45, 2.75) is 10.6 Å². The zero-order chi connectivity index (χ0) is 13.0. The van der Waals surface area contributed by atoms with Crippen LogP contribution in [-0.2, 0) is 16.6 Å². The number of benzene rings is 2. The third-order valence-corrected chi connectivity index (χ3v) is 3.88. The van der Waals surface area contributed by atoms with Crippen LogP contribution in [0.2, 0.25) is 0 Å². The molecule has 0 radical (unpaired) electrons. The van der Waals surface area contributed by atoms with Gasteiger partial charge in [0, 0.05) is 10.6 Å². The van der Waals surface area contributed by atoms with Crippen LogP contribution in [0.3, 0.4) is 0 Å². The van der Waals surface area contributed by atoms with Gasteiger partial charge in [-0.15, -0.1) is 0 Å². The van der Waals surface area contributed by atoms with Gasteiger partial charge in [0.1, 0.15) is 0 Å². The molecule has 0 bridgehead atoms. The van der Waals surface area contributed by atoms with E-state index in [9.17, 15) is 4.21 Å². The minimum Gasteiger partial charge on any atom is -0.399 e. The maximum atomic E-state index is 12.1. The first-order valence-corrected chi connectivity index (χ1v) is 6.74. The Morgan fingerprint density at radius 1 is 1.17 bits per heavy atom. The molecule has 0 aliphatic carbocycles. The molecule has 90 valence electrons. The van der Waals surface area contributed by atoms with Crippen LogP contribution in [0.4, 0.5) is 5.69 Å². The second kappa shape index (κ2) is 5.48. The Labute approximate surface area is 108 Å². The van der Waals surface area contributed by atoms with Crippen molar-refractivity contribution in [1.82, 2.24) is 0 Å². The topological polar surface area (TPSA) is 66.9 Å². The van der Waals surface area contributed by atoms with E-state index in [1.54, 1.807) is 36.4 Å². The van der Waals surface area contributed by atoms with Crippen molar-refractivity contribution < 1.29 is 4.21 Å². The summed E-state index contributed by atoms with van der Waals surface area (Å²) >= 11 is 0. The summed E-state index contributed by atoms with van der Waals surface area (Å²) < 4.78 is 12.1. The number of nitrogens with two attached hydrogens (primary N) is 1. The molecule has 0 fully saturated rings. The average Bonchev–Trinajstić information content (AvgIpc) is 2.39. The summed E-state index contributed by atoms with van der Waals surface area (Å²) in [7, 11) is -1.12. The van der Waals surface area contributed by atoms with Crippen LogP contribution in [0.15, 0.2) is 53.4 Å². The molecule has 0 spiro atoms. The quantitative estimate of drug-likeness (QED) is 0.858. The second-order valence-electron chi connectivity index (χ2n) is 3.87. The van der Waals surface area contributed by atoms with E-state index < -0.39 is 10.8 Å². The Morgan fingerprint density at radius 3 is 2.50 bits per heavy atom. The molecule has 18 heavy (non-hydrogen) atoms. The predicted octanol–water partition coefficient (Wildman–Crippen LogP) is 2.45. The standard InChI is InChI=1S/C14H12N2OS/c15-9-11-4-6-12(7-5-11)10-18(17)14-3-1-2-13(16)8-14/h1-8H,10,16H2. The first kappa shape index (κ1) is 12.3. The van der Waals surface area contributed by atoms with E-state index in [1.807, 2.05) is 12.1 Å². The third-order valence-electron chi connectivity index (χ3n) is 2.50. The Bertz CT molecular complexity index is 614. The highest BCUT2D eigenvalue weighted by Gasteiger charge is 2.05. The number of hydrogen-bond acceptors (Lipinski definition) is 3. The Morgan fingerprint density at radius 2 is 1.89 bits per heavy atom. The monoisotopic (exact) mass is 256 g/mol. The molecule has 0 saturated carbocycles. The molecule has 1 atom stereocenters. The van der Waals surface area contributed by atoms with Gasteiger partial charge in [0.25, 0.3) is 0 Å². The summed E-state index contributed by atoms with van der Waals surface area (Å²) in [6, 6.07) is 16.2. The third kappa shape index (κ3) is 2.96. The van der Waals surface area contributed by atoms with Crippen LogP contribution >= 0.6 is 0 Å². The molecule has 2 aromatic rings. The van der Waals surface area contributed by atoms with Crippen molar-refractivity contribution in [3.8, 4) is 6.07 Å². The Balaban J connectivity index is 2.14. The van der Waals surface area contributed by atoms with E-state index in [0.717, 1.165) is 10.5 Å². The van der Waals surface area contributed by atoms with E-state index in [1.165, 1.54) is 0 Å². The lowest BCUT2D eigenvalue weighted by molar-refractivity contribution is 0.682. The summed E-state index contributed by atoms with van der Waals surface area (Å²) in [4.78, 5) is 0.722. The fourth-order valence-corrected chi connectivity index (χ4v) is 2.73. The predicted molar refractivity (Wildman–Crippen MR) is 72.1 cm³/mol. The van der Waals surface area contributed by atoms with Crippen molar-refractivity contribution in [3.63, 3.8) is 0 Å². The number of nitrogen functional groups attached to an aromatic ring is 1. The Hall–Kier alpha value is -2.12. The summed E-state index contributed by atoms with van der Waals surface area (Å²) in [6.45, 7) is 0. The van der Waals surface area contributed by atoms with Crippen molar-refractivity contribution in [1.29, 1.82) is 5.26 Å². The van der Waals surface area contributed by atoms with E-state index in [0.29, 0.717) is 17.0 Å². The van der Waals surface area contributed by atoms with Crippen LogP contribution in [0, 0.1) is 11.3 Å². The van der Waals surface area contributed by atoms with Gasteiger partial charge in [0.2, 0.25) is 0 Å². The molecule has 0 amide bonds. The summed E-state index contributed by atoms with van der Waals surface area (Å²) in [5.74, 6) is 0.426. The highest BCUT2D eigenvalue weighted by atomic mass is 32.2. The van der Waals surface area contributed by atoms with Crippen LogP contribution in [0.1, 0.15) is 11.1 Å². The van der Waals surface area contributed by atoms with Gasteiger partial charge in [0.05, 0.1) is 28.2 Å². The van der Waals surface area contributed by atoms with Crippen molar-refractivity contribution in [2.24, 2.45) is 0 Å². The van der Waals surface area contributed by atoms with Crippen molar-refractivity contribution >= 4 is 16.5 Å². The number of anilines is 1. The maximum Gasteiger partial charge on any atom is 0.0991 e. The van der Waals surface area contributed by atoms with E-state index in [4.69, 9.17) is 11.0 Å². The summed E-state index contributed by atoms with van der Waals surface area (Å²) in [6.07, 6.45) is 0. The zero-order valence-corrected chi connectivity index (χ0v) is 10.5. The fraction of sp³-hybridized carbons (Fsp3) is 0.0714. The fourth-order valence-electron chi connectivity index (χ4n) is 1.57. The van der Waals surface area contributed by atoms with Gasteiger partial charge in [-0.05, 0) is 35.9 Å². The largest absolute Gasteiger partial charge is 0.399 e. The smallest absolute Gasteiger partial charge is 0.0991 e. The van der Waals surface area contributed by atoms with Crippen molar-refractivity contribution in [3.05, 3.63) is 59.7 Å². The zero-order valence-electron chi connectivity index (χ0n) is 9.67. The highest BCUT2D eigenvalue weighted by Crippen LogP contribution is 2.15. The average molecular weight is 256 g/mol. The molecule has 0 aromatic heterocycles. The van der Waals surface area contributed by atoms with Gasteiger partial charge in [-0.25, -0.2) is 0 Å². The molecule has 0 saturated heterocycles. The lowest BCUT2D eigenvalue weighted by Crippen LogP contribution is -1.97. The SMILES string of the molecule is N#Cc1ccc(CS(=O)c2cccc(N)c2)cc1. The Kier molecular flexibility index (Phi) is 3.75. The number of hydrogen-bond donors (Lipinski definition) is 1. The van der Waals surface area contributed by atoms with Gasteiger partial charge < -0.3 is 5.73 Å². The minimum atomic E-state index is -1.12. The second-order valence-corrected chi connectivity index (χ2v) is 5.32. The van der Waals surface area contributed by atoms with Gasteiger partial charge in [-0.3, -0.25) is 4.21 Å². The van der Waals surface area contributed by atoms with Crippen LogP contribution in [0.25, 0.3) is 0 Å². The molecule has 4 heteroatoms. The molecular formula is C14H12N2OS. The molecule has 2 N–H and O–H groups in total. The maximum absolute atomic E-state index is 12.1. The normalized spacial score (nSPS) is 11.7. The molecule has 2 rings (SSSR count). The molecule has 1 unspecified atom stereocenters. The summed E-state index contributed by atoms with van der Waals surface area (Å²) in [5.41, 5.74) is 7.81. The first-order chi connectivity index (χ1) is 8.69. The van der Waals surface area contributed by atoms with Gasteiger partial charge in [-0.1, -0.05) is 18.2 Å².